The number of ether oxygens (including phenoxy) is 1. The number of carbonyl (C=O) groups excluding carboxylic acids is 1. The number of nitrogens with one attached hydrogen (secondary N) is 2. The number of hydrogen-bond donors (Lipinski definition) is 2. The zero-order valence-electron chi connectivity index (χ0n) is 13.8. The Morgan fingerprint density at radius 1 is 1.18 bits per heavy atom. The first-order chi connectivity index (χ1) is 10.7. The lowest BCUT2D eigenvalue weighted by atomic mass is 9.96. The van der Waals surface area contributed by atoms with E-state index in [9.17, 15) is 4.79 Å². The Labute approximate surface area is 133 Å². The maximum absolute atomic E-state index is 11.8. The Balaban J connectivity index is 1.59. The van der Waals surface area contributed by atoms with E-state index in [-0.39, 0.29) is 6.03 Å². The van der Waals surface area contributed by atoms with Crippen LogP contribution in [0.3, 0.4) is 0 Å². The van der Waals surface area contributed by atoms with Crippen LogP contribution >= 0.6 is 0 Å². The Morgan fingerprint density at radius 2 is 1.86 bits per heavy atom. The van der Waals surface area contributed by atoms with Crippen molar-refractivity contribution >= 4 is 6.03 Å². The molecule has 2 N–H and O–H groups in total. The fraction of sp³-hybridized carbons (Fsp3) is 0.611. The predicted molar refractivity (Wildman–Crippen MR) is 89.4 cm³/mol. The van der Waals surface area contributed by atoms with Crippen molar-refractivity contribution in [3.05, 3.63) is 29.3 Å². The van der Waals surface area contributed by atoms with Crippen LogP contribution in [0.4, 0.5) is 4.79 Å². The third kappa shape index (κ3) is 5.24. The van der Waals surface area contributed by atoms with Gasteiger partial charge in [-0.15, -0.1) is 0 Å². The Morgan fingerprint density at radius 3 is 2.55 bits per heavy atom. The number of aryl methyl sites for hydroxylation is 2. The van der Waals surface area contributed by atoms with Gasteiger partial charge in [-0.1, -0.05) is 37.5 Å². The molecule has 4 heteroatoms. The molecule has 122 valence electrons. The number of urea groups is 1. The van der Waals surface area contributed by atoms with E-state index < -0.39 is 0 Å². The average molecular weight is 304 g/mol. The van der Waals surface area contributed by atoms with Gasteiger partial charge in [0.1, 0.15) is 5.75 Å². The van der Waals surface area contributed by atoms with Gasteiger partial charge in [0.25, 0.3) is 0 Å². The summed E-state index contributed by atoms with van der Waals surface area (Å²) in [4.78, 5) is 11.8. The van der Waals surface area contributed by atoms with E-state index in [1.54, 1.807) is 0 Å². The summed E-state index contributed by atoms with van der Waals surface area (Å²) in [6.45, 7) is 5.37. The van der Waals surface area contributed by atoms with E-state index in [4.69, 9.17) is 4.74 Å². The van der Waals surface area contributed by atoms with E-state index in [0.717, 1.165) is 36.1 Å². The molecule has 1 aromatic carbocycles. The van der Waals surface area contributed by atoms with Gasteiger partial charge in [0.2, 0.25) is 0 Å². The molecule has 0 saturated heterocycles. The number of rotatable bonds is 6. The minimum Gasteiger partial charge on any atom is -0.493 e. The van der Waals surface area contributed by atoms with Crippen molar-refractivity contribution in [2.75, 3.05) is 13.2 Å². The van der Waals surface area contributed by atoms with Crippen molar-refractivity contribution in [1.82, 2.24) is 10.6 Å². The normalized spacial score (nSPS) is 15.4. The van der Waals surface area contributed by atoms with Crippen LogP contribution in [0.25, 0.3) is 0 Å². The molecule has 1 aromatic rings. The lowest BCUT2D eigenvalue weighted by Gasteiger charge is -2.22. The summed E-state index contributed by atoms with van der Waals surface area (Å²) >= 11 is 0. The molecule has 0 heterocycles. The van der Waals surface area contributed by atoms with E-state index in [1.807, 2.05) is 6.07 Å². The molecule has 0 bridgehead atoms. The predicted octanol–water partition coefficient (Wildman–Crippen LogP) is 3.70. The number of para-hydroxylation sites is 1. The van der Waals surface area contributed by atoms with Crippen molar-refractivity contribution in [1.29, 1.82) is 0 Å². The van der Waals surface area contributed by atoms with Crippen molar-refractivity contribution in [3.8, 4) is 5.75 Å². The van der Waals surface area contributed by atoms with Crippen LogP contribution in [0.15, 0.2) is 18.2 Å². The second kappa shape index (κ2) is 8.66. The molecule has 0 spiro atoms. The van der Waals surface area contributed by atoms with Gasteiger partial charge in [-0.2, -0.15) is 0 Å². The van der Waals surface area contributed by atoms with Crippen LogP contribution in [0.2, 0.25) is 0 Å². The maximum Gasteiger partial charge on any atom is 0.315 e. The van der Waals surface area contributed by atoms with Gasteiger partial charge in [-0.25, -0.2) is 4.79 Å². The number of benzene rings is 1. The molecule has 0 aromatic heterocycles. The monoisotopic (exact) mass is 304 g/mol. The number of carbonyl (C=O) groups is 1. The smallest absolute Gasteiger partial charge is 0.315 e. The van der Waals surface area contributed by atoms with Crippen molar-refractivity contribution in [2.45, 2.75) is 58.4 Å². The van der Waals surface area contributed by atoms with Gasteiger partial charge in [0.15, 0.2) is 0 Å². The second-order valence-corrected chi connectivity index (χ2v) is 6.16. The van der Waals surface area contributed by atoms with Gasteiger partial charge >= 0.3 is 6.03 Å². The summed E-state index contributed by atoms with van der Waals surface area (Å²) in [6.07, 6.45) is 6.80. The van der Waals surface area contributed by atoms with Gasteiger partial charge in [-0.05, 0) is 44.2 Å². The summed E-state index contributed by atoms with van der Waals surface area (Å²) in [5.41, 5.74) is 2.31. The van der Waals surface area contributed by atoms with Gasteiger partial charge in [-0.3, -0.25) is 0 Å². The molecule has 1 aliphatic rings. The molecule has 1 saturated carbocycles. The highest BCUT2D eigenvalue weighted by molar-refractivity contribution is 5.74. The van der Waals surface area contributed by atoms with E-state index >= 15 is 0 Å². The molecule has 1 fully saturated rings. The fourth-order valence-corrected chi connectivity index (χ4v) is 2.96. The van der Waals surface area contributed by atoms with Gasteiger partial charge < -0.3 is 15.4 Å². The third-order valence-corrected chi connectivity index (χ3v) is 4.20. The molecule has 0 radical (unpaired) electrons. The summed E-state index contributed by atoms with van der Waals surface area (Å²) in [5, 5.41) is 5.97. The minimum absolute atomic E-state index is 0.0426. The summed E-state index contributed by atoms with van der Waals surface area (Å²) < 4.78 is 5.83. The van der Waals surface area contributed by atoms with Gasteiger partial charge in [0, 0.05) is 12.6 Å². The van der Waals surface area contributed by atoms with Crippen molar-refractivity contribution < 1.29 is 9.53 Å². The SMILES string of the molecule is Cc1cccc(C)c1OCCCNC(=O)NC1CCCCC1. The lowest BCUT2D eigenvalue weighted by molar-refractivity contribution is 0.231. The second-order valence-electron chi connectivity index (χ2n) is 6.16. The molecule has 0 unspecified atom stereocenters. The lowest BCUT2D eigenvalue weighted by Crippen LogP contribution is -2.43. The van der Waals surface area contributed by atoms with Crippen molar-refractivity contribution in [3.63, 3.8) is 0 Å². The highest BCUT2D eigenvalue weighted by Crippen LogP contribution is 2.22. The maximum atomic E-state index is 11.8. The number of amides is 2. The fourth-order valence-electron chi connectivity index (χ4n) is 2.96. The van der Waals surface area contributed by atoms with Crippen LogP contribution in [0.1, 0.15) is 49.7 Å². The first-order valence-corrected chi connectivity index (χ1v) is 8.40. The molecular formula is C18H28N2O2. The quantitative estimate of drug-likeness (QED) is 0.787. The van der Waals surface area contributed by atoms with Crippen LogP contribution in [0, 0.1) is 13.8 Å². The molecule has 4 nitrogen and oxygen atoms in total. The largest absolute Gasteiger partial charge is 0.493 e. The average Bonchev–Trinajstić information content (AvgIpc) is 2.50. The Hall–Kier alpha value is -1.71. The van der Waals surface area contributed by atoms with Crippen LogP contribution in [0.5, 0.6) is 5.75 Å². The molecule has 1 aliphatic carbocycles. The molecule has 22 heavy (non-hydrogen) atoms. The molecular weight excluding hydrogens is 276 g/mol. The molecule has 0 atom stereocenters. The Kier molecular flexibility index (Phi) is 6.56. The molecule has 2 rings (SSSR count). The van der Waals surface area contributed by atoms with Gasteiger partial charge in [0.05, 0.1) is 6.61 Å². The standard InChI is InChI=1S/C18H28N2O2/c1-14-8-6-9-15(2)17(14)22-13-7-12-19-18(21)20-16-10-4-3-5-11-16/h6,8-9,16H,3-5,7,10-13H2,1-2H3,(H2,19,20,21). The first kappa shape index (κ1) is 16.7. The zero-order chi connectivity index (χ0) is 15.8. The van der Waals surface area contributed by atoms with E-state index in [1.165, 1.54) is 19.3 Å². The molecule has 0 aliphatic heterocycles. The van der Waals surface area contributed by atoms with Crippen LogP contribution in [-0.4, -0.2) is 25.2 Å². The van der Waals surface area contributed by atoms with E-state index in [0.29, 0.717) is 19.2 Å². The van der Waals surface area contributed by atoms with E-state index in [2.05, 4.69) is 36.6 Å². The van der Waals surface area contributed by atoms with Crippen LogP contribution < -0.4 is 15.4 Å². The number of hydrogen-bond acceptors (Lipinski definition) is 2. The molecule has 2 amide bonds. The van der Waals surface area contributed by atoms with Crippen LogP contribution in [-0.2, 0) is 0 Å². The zero-order valence-corrected chi connectivity index (χ0v) is 13.8. The Bertz CT molecular complexity index is 462. The summed E-state index contributed by atoms with van der Waals surface area (Å²) in [6, 6.07) is 6.46. The van der Waals surface area contributed by atoms with Crippen molar-refractivity contribution in [2.24, 2.45) is 0 Å². The highest BCUT2D eigenvalue weighted by Gasteiger charge is 2.15. The summed E-state index contributed by atoms with van der Waals surface area (Å²) in [7, 11) is 0. The first-order valence-electron chi connectivity index (χ1n) is 8.40. The third-order valence-electron chi connectivity index (χ3n) is 4.20. The highest BCUT2D eigenvalue weighted by atomic mass is 16.5. The minimum atomic E-state index is -0.0426. The summed E-state index contributed by atoms with van der Waals surface area (Å²) in [5.74, 6) is 0.967. The topological polar surface area (TPSA) is 50.4 Å².